The second kappa shape index (κ2) is 8.40. The average Bonchev–Trinajstić information content (AvgIpc) is 3.08. The average molecular weight is 407 g/mol. The Morgan fingerprint density at radius 3 is 2.43 bits per heavy atom. The van der Waals surface area contributed by atoms with Crippen LogP contribution in [0, 0.1) is 5.92 Å². The molecule has 0 aliphatic carbocycles. The third-order valence-corrected chi connectivity index (χ3v) is 6.30. The van der Waals surface area contributed by atoms with E-state index in [4.69, 9.17) is 4.42 Å². The van der Waals surface area contributed by atoms with Crippen molar-refractivity contribution in [3.8, 4) is 0 Å². The first kappa shape index (κ1) is 20.5. The van der Waals surface area contributed by atoms with Gasteiger partial charge < -0.3 is 4.42 Å². The normalized spacial score (nSPS) is 16.4. The molecular weight excluding hydrogens is 380 g/mol. The van der Waals surface area contributed by atoms with Gasteiger partial charge in [0, 0.05) is 19.0 Å². The third-order valence-electron chi connectivity index (χ3n) is 4.99. The van der Waals surface area contributed by atoms with E-state index >= 15 is 0 Å². The van der Waals surface area contributed by atoms with Gasteiger partial charge in [0.1, 0.15) is 0 Å². The number of carbonyl (C=O) groups is 1. The Kier molecular flexibility index (Phi) is 6.14. The standard InChI is InChI=1S/C19H26N4O4S/c1-13(2)15-6-4-14(5-7-15)12-17-21-22-19(27-17)20-18(24)16-8-10-23(11-9-16)28(3,25)26/h4-7,13,16H,8-12H2,1-3H3,(H,20,22,24). The highest BCUT2D eigenvalue weighted by molar-refractivity contribution is 7.88. The van der Waals surface area contributed by atoms with Crippen molar-refractivity contribution < 1.29 is 17.6 Å². The van der Waals surface area contributed by atoms with Crippen LogP contribution >= 0.6 is 0 Å². The van der Waals surface area contributed by atoms with E-state index in [1.807, 2.05) is 12.1 Å². The quantitative estimate of drug-likeness (QED) is 0.790. The molecular formula is C19H26N4O4S. The summed E-state index contributed by atoms with van der Waals surface area (Å²) in [4.78, 5) is 12.4. The van der Waals surface area contributed by atoms with Gasteiger partial charge in [0.05, 0.1) is 12.7 Å². The molecule has 0 atom stereocenters. The van der Waals surface area contributed by atoms with Crippen LogP contribution in [0.1, 0.15) is 49.6 Å². The van der Waals surface area contributed by atoms with Gasteiger partial charge >= 0.3 is 6.01 Å². The predicted molar refractivity (Wildman–Crippen MR) is 105 cm³/mol. The molecule has 2 aromatic rings. The first-order valence-corrected chi connectivity index (χ1v) is 11.2. The molecule has 8 nitrogen and oxygen atoms in total. The predicted octanol–water partition coefficient (Wildman–Crippen LogP) is 2.39. The van der Waals surface area contributed by atoms with Gasteiger partial charge in [-0.05, 0) is 29.9 Å². The monoisotopic (exact) mass is 406 g/mol. The van der Waals surface area contributed by atoms with Crippen molar-refractivity contribution in [3.05, 3.63) is 41.3 Å². The van der Waals surface area contributed by atoms with Crippen molar-refractivity contribution in [2.75, 3.05) is 24.7 Å². The summed E-state index contributed by atoms with van der Waals surface area (Å²) in [6.07, 6.45) is 2.63. The van der Waals surface area contributed by atoms with E-state index in [0.717, 1.165) is 5.56 Å². The summed E-state index contributed by atoms with van der Waals surface area (Å²) in [6.45, 7) is 4.98. The highest BCUT2D eigenvalue weighted by Gasteiger charge is 2.29. The Labute approximate surface area is 165 Å². The maximum absolute atomic E-state index is 12.4. The van der Waals surface area contributed by atoms with Gasteiger partial charge in [-0.2, -0.15) is 0 Å². The van der Waals surface area contributed by atoms with Crippen LogP contribution in [-0.4, -0.2) is 48.2 Å². The van der Waals surface area contributed by atoms with Crippen LogP contribution in [-0.2, 0) is 21.2 Å². The molecule has 1 aromatic heterocycles. The van der Waals surface area contributed by atoms with E-state index in [-0.39, 0.29) is 17.8 Å². The smallest absolute Gasteiger partial charge is 0.322 e. The van der Waals surface area contributed by atoms with Crippen molar-refractivity contribution in [1.29, 1.82) is 0 Å². The van der Waals surface area contributed by atoms with Crippen molar-refractivity contribution in [2.24, 2.45) is 5.92 Å². The fraction of sp³-hybridized carbons (Fsp3) is 0.526. The topological polar surface area (TPSA) is 105 Å². The molecule has 1 fully saturated rings. The van der Waals surface area contributed by atoms with Crippen molar-refractivity contribution in [1.82, 2.24) is 14.5 Å². The van der Waals surface area contributed by atoms with Crippen LogP contribution in [0.25, 0.3) is 0 Å². The minimum atomic E-state index is -3.21. The second-order valence-corrected chi connectivity index (χ2v) is 9.48. The van der Waals surface area contributed by atoms with Crippen molar-refractivity contribution in [3.63, 3.8) is 0 Å². The van der Waals surface area contributed by atoms with E-state index in [9.17, 15) is 13.2 Å². The number of anilines is 1. The molecule has 0 saturated carbocycles. The Hall–Kier alpha value is -2.26. The molecule has 28 heavy (non-hydrogen) atoms. The summed E-state index contributed by atoms with van der Waals surface area (Å²) in [7, 11) is -3.21. The Balaban J connectivity index is 1.54. The molecule has 0 bridgehead atoms. The highest BCUT2D eigenvalue weighted by atomic mass is 32.2. The first-order valence-electron chi connectivity index (χ1n) is 9.39. The number of nitrogens with zero attached hydrogens (tertiary/aromatic N) is 3. The first-order chi connectivity index (χ1) is 13.2. The summed E-state index contributed by atoms with van der Waals surface area (Å²) in [6, 6.07) is 8.31. The third kappa shape index (κ3) is 5.17. The number of nitrogens with one attached hydrogen (secondary N) is 1. The number of aromatic nitrogens is 2. The molecule has 1 N–H and O–H groups in total. The Morgan fingerprint density at radius 2 is 1.86 bits per heavy atom. The lowest BCUT2D eigenvalue weighted by molar-refractivity contribution is -0.121. The lowest BCUT2D eigenvalue weighted by Crippen LogP contribution is -2.40. The fourth-order valence-corrected chi connectivity index (χ4v) is 4.10. The van der Waals surface area contributed by atoms with Gasteiger partial charge in [0.15, 0.2) is 0 Å². The molecule has 1 aromatic carbocycles. The molecule has 2 heterocycles. The van der Waals surface area contributed by atoms with Gasteiger partial charge in [-0.1, -0.05) is 43.2 Å². The zero-order chi connectivity index (χ0) is 20.3. The minimum Gasteiger partial charge on any atom is -0.407 e. The summed E-state index contributed by atoms with van der Waals surface area (Å²) < 4.78 is 30.0. The number of hydrogen-bond donors (Lipinski definition) is 1. The zero-order valence-electron chi connectivity index (χ0n) is 16.4. The molecule has 1 aliphatic rings. The van der Waals surface area contributed by atoms with E-state index < -0.39 is 10.0 Å². The van der Waals surface area contributed by atoms with Crippen LogP contribution in [0.3, 0.4) is 0 Å². The van der Waals surface area contributed by atoms with Gasteiger partial charge in [-0.15, -0.1) is 5.10 Å². The van der Waals surface area contributed by atoms with Crippen LogP contribution in [0.5, 0.6) is 0 Å². The number of amides is 1. The van der Waals surface area contributed by atoms with Crippen LogP contribution in [0.15, 0.2) is 28.7 Å². The molecule has 0 spiro atoms. The van der Waals surface area contributed by atoms with Crippen LogP contribution < -0.4 is 5.32 Å². The molecule has 1 amide bonds. The number of hydrogen-bond acceptors (Lipinski definition) is 6. The zero-order valence-corrected chi connectivity index (χ0v) is 17.2. The summed E-state index contributed by atoms with van der Waals surface area (Å²) >= 11 is 0. The van der Waals surface area contributed by atoms with Crippen molar-refractivity contribution in [2.45, 2.75) is 39.0 Å². The van der Waals surface area contributed by atoms with Gasteiger partial charge in [0.2, 0.25) is 21.8 Å². The van der Waals surface area contributed by atoms with E-state index in [0.29, 0.717) is 44.2 Å². The molecule has 0 radical (unpaired) electrons. The lowest BCUT2D eigenvalue weighted by atomic mass is 9.97. The Bertz CT molecular complexity index is 914. The molecule has 9 heteroatoms. The number of rotatable bonds is 6. The van der Waals surface area contributed by atoms with Crippen LogP contribution in [0.4, 0.5) is 6.01 Å². The van der Waals surface area contributed by atoms with Gasteiger partial charge in [0.25, 0.3) is 0 Å². The van der Waals surface area contributed by atoms with Crippen LogP contribution in [0.2, 0.25) is 0 Å². The molecule has 152 valence electrons. The summed E-state index contributed by atoms with van der Waals surface area (Å²) in [5.74, 6) is 0.421. The maximum Gasteiger partial charge on any atom is 0.322 e. The molecule has 3 rings (SSSR count). The number of carbonyl (C=O) groups excluding carboxylic acids is 1. The van der Waals surface area contributed by atoms with E-state index in [2.05, 4.69) is 41.5 Å². The SMILES string of the molecule is CC(C)c1ccc(Cc2nnc(NC(=O)C3CCN(S(C)(=O)=O)CC3)o2)cc1. The number of piperidine rings is 1. The fourth-order valence-electron chi connectivity index (χ4n) is 3.23. The molecule has 1 saturated heterocycles. The van der Waals surface area contributed by atoms with Crippen molar-refractivity contribution >= 4 is 21.9 Å². The lowest BCUT2D eigenvalue weighted by Gasteiger charge is -2.29. The summed E-state index contributed by atoms with van der Waals surface area (Å²) in [5.41, 5.74) is 2.32. The largest absolute Gasteiger partial charge is 0.407 e. The second-order valence-electron chi connectivity index (χ2n) is 7.50. The summed E-state index contributed by atoms with van der Waals surface area (Å²) in [5, 5.41) is 10.5. The Morgan fingerprint density at radius 1 is 1.21 bits per heavy atom. The van der Waals surface area contributed by atoms with Gasteiger partial charge in [-0.3, -0.25) is 10.1 Å². The number of sulfonamides is 1. The minimum absolute atomic E-state index is 0.0735. The van der Waals surface area contributed by atoms with E-state index in [1.54, 1.807) is 0 Å². The number of benzene rings is 1. The molecule has 1 aliphatic heterocycles. The van der Waals surface area contributed by atoms with Gasteiger partial charge in [-0.25, -0.2) is 12.7 Å². The van der Waals surface area contributed by atoms with E-state index in [1.165, 1.54) is 16.1 Å². The maximum atomic E-state index is 12.4. The molecule has 0 unspecified atom stereocenters. The highest BCUT2D eigenvalue weighted by Crippen LogP contribution is 2.21.